The molecule has 1 aliphatic heterocycles. The van der Waals surface area contributed by atoms with Gasteiger partial charge in [-0.1, -0.05) is 12.1 Å². The fraction of sp³-hybridized carbons (Fsp3) is 0.500. The molecule has 0 aromatic carbocycles. The van der Waals surface area contributed by atoms with Crippen LogP contribution in [0.3, 0.4) is 0 Å². The van der Waals surface area contributed by atoms with Crippen LogP contribution in [0.2, 0.25) is 0 Å². The molecule has 0 bridgehead atoms. The monoisotopic (exact) mass is 231 g/mol. The Morgan fingerprint density at radius 2 is 2.47 bits per heavy atom. The van der Waals surface area contributed by atoms with E-state index >= 15 is 0 Å². The number of aromatic nitrogens is 1. The number of pyridine rings is 1. The number of nitrogens with zero attached hydrogens (tertiary/aromatic N) is 2. The molecule has 0 spiro atoms. The molecular formula is C14H21N3. The zero-order chi connectivity index (χ0) is 11.9. The van der Waals surface area contributed by atoms with E-state index in [1.807, 2.05) is 24.4 Å². The minimum atomic E-state index is 0.615. The summed E-state index contributed by atoms with van der Waals surface area (Å²) in [5.41, 5.74) is 1.14. The third kappa shape index (κ3) is 3.65. The lowest BCUT2D eigenvalue weighted by atomic mass is 10.1. The predicted octanol–water partition coefficient (Wildman–Crippen LogP) is 1.82. The van der Waals surface area contributed by atoms with Gasteiger partial charge in [-0.3, -0.25) is 9.88 Å². The summed E-state index contributed by atoms with van der Waals surface area (Å²) in [6, 6.07) is 6.72. The first-order valence-corrected chi connectivity index (χ1v) is 6.35. The third-order valence-corrected chi connectivity index (χ3v) is 3.24. The number of rotatable bonds is 5. The second-order valence-corrected chi connectivity index (χ2v) is 4.54. The van der Waals surface area contributed by atoms with Gasteiger partial charge in [0.1, 0.15) is 0 Å². The van der Waals surface area contributed by atoms with Crippen LogP contribution in [0.4, 0.5) is 0 Å². The van der Waals surface area contributed by atoms with Crippen LogP contribution in [-0.2, 0) is 6.54 Å². The van der Waals surface area contributed by atoms with E-state index in [0.29, 0.717) is 6.04 Å². The van der Waals surface area contributed by atoms with Gasteiger partial charge in [-0.15, -0.1) is 6.58 Å². The molecular weight excluding hydrogens is 210 g/mol. The molecule has 1 saturated heterocycles. The van der Waals surface area contributed by atoms with Crippen LogP contribution >= 0.6 is 0 Å². The van der Waals surface area contributed by atoms with Gasteiger partial charge < -0.3 is 5.32 Å². The van der Waals surface area contributed by atoms with Gasteiger partial charge >= 0.3 is 0 Å². The summed E-state index contributed by atoms with van der Waals surface area (Å²) in [6.07, 6.45) is 6.38. The molecule has 1 atom stereocenters. The maximum atomic E-state index is 4.40. The number of hydrogen-bond acceptors (Lipinski definition) is 3. The average Bonchev–Trinajstić information content (AvgIpc) is 2.40. The number of hydrogen-bond donors (Lipinski definition) is 1. The van der Waals surface area contributed by atoms with Gasteiger partial charge in [-0.25, -0.2) is 0 Å². The molecule has 2 heterocycles. The quantitative estimate of drug-likeness (QED) is 0.784. The van der Waals surface area contributed by atoms with Gasteiger partial charge in [0.2, 0.25) is 0 Å². The van der Waals surface area contributed by atoms with E-state index in [2.05, 4.69) is 27.8 Å². The molecule has 0 radical (unpaired) electrons. The third-order valence-electron chi connectivity index (χ3n) is 3.24. The van der Waals surface area contributed by atoms with Gasteiger partial charge in [0, 0.05) is 31.9 Å². The Bertz CT molecular complexity index is 331. The van der Waals surface area contributed by atoms with Crippen molar-refractivity contribution in [1.29, 1.82) is 0 Å². The molecule has 3 nitrogen and oxygen atoms in total. The van der Waals surface area contributed by atoms with Crippen LogP contribution in [-0.4, -0.2) is 35.6 Å². The topological polar surface area (TPSA) is 28.2 Å². The molecule has 92 valence electrons. The second kappa shape index (κ2) is 6.52. The van der Waals surface area contributed by atoms with E-state index in [0.717, 1.165) is 31.9 Å². The highest BCUT2D eigenvalue weighted by Crippen LogP contribution is 2.13. The van der Waals surface area contributed by atoms with Crippen LogP contribution in [0.1, 0.15) is 18.5 Å². The fourth-order valence-electron chi connectivity index (χ4n) is 2.35. The summed E-state index contributed by atoms with van der Waals surface area (Å²) >= 11 is 0. The highest BCUT2D eigenvalue weighted by molar-refractivity contribution is 5.04. The zero-order valence-corrected chi connectivity index (χ0v) is 10.3. The maximum absolute atomic E-state index is 4.40. The molecule has 1 N–H and O–H groups in total. The Morgan fingerprint density at radius 3 is 3.12 bits per heavy atom. The van der Waals surface area contributed by atoms with E-state index in [-0.39, 0.29) is 0 Å². The molecule has 0 aliphatic carbocycles. The van der Waals surface area contributed by atoms with Crippen molar-refractivity contribution >= 4 is 0 Å². The van der Waals surface area contributed by atoms with Crippen LogP contribution < -0.4 is 5.32 Å². The van der Waals surface area contributed by atoms with Crippen molar-refractivity contribution < 1.29 is 0 Å². The summed E-state index contributed by atoms with van der Waals surface area (Å²) in [7, 11) is 0. The Labute approximate surface area is 104 Å². The zero-order valence-electron chi connectivity index (χ0n) is 10.3. The summed E-state index contributed by atoms with van der Waals surface area (Å²) in [4.78, 5) is 6.86. The van der Waals surface area contributed by atoms with Crippen molar-refractivity contribution in [3.63, 3.8) is 0 Å². The van der Waals surface area contributed by atoms with Gasteiger partial charge in [0.05, 0.1) is 5.69 Å². The van der Waals surface area contributed by atoms with E-state index in [9.17, 15) is 0 Å². The van der Waals surface area contributed by atoms with Crippen molar-refractivity contribution in [2.75, 3.05) is 19.6 Å². The average molecular weight is 231 g/mol. The molecule has 0 unspecified atom stereocenters. The maximum Gasteiger partial charge on any atom is 0.0544 e. The lowest BCUT2D eigenvalue weighted by Crippen LogP contribution is -2.45. The normalized spacial score (nSPS) is 20.4. The van der Waals surface area contributed by atoms with Crippen molar-refractivity contribution in [1.82, 2.24) is 15.2 Å². The van der Waals surface area contributed by atoms with Crippen LogP contribution in [0.15, 0.2) is 37.1 Å². The first-order chi connectivity index (χ1) is 8.40. The van der Waals surface area contributed by atoms with Gasteiger partial charge in [0.15, 0.2) is 0 Å². The van der Waals surface area contributed by atoms with E-state index in [1.54, 1.807) is 0 Å². The molecule has 3 heteroatoms. The van der Waals surface area contributed by atoms with Gasteiger partial charge in [-0.2, -0.15) is 0 Å². The van der Waals surface area contributed by atoms with E-state index in [4.69, 9.17) is 0 Å². The Morgan fingerprint density at radius 1 is 1.53 bits per heavy atom. The highest BCUT2D eigenvalue weighted by Gasteiger charge is 2.20. The SMILES string of the molecule is C=CCN(Cc1ccccn1)[C@H]1CCCNC1. The molecule has 1 aromatic rings. The molecule has 1 aromatic heterocycles. The number of piperidine rings is 1. The van der Waals surface area contributed by atoms with Crippen LogP contribution in [0.25, 0.3) is 0 Å². The van der Waals surface area contributed by atoms with Crippen molar-refractivity contribution in [2.45, 2.75) is 25.4 Å². The molecule has 0 amide bonds. The number of nitrogens with one attached hydrogen (secondary N) is 1. The molecule has 2 rings (SSSR count). The van der Waals surface area contributed by atoms with Crippen LogP contribution in [0, 0.1) is 0 Å². The van der Waals surface area contributed by atoms with E-state index in [1.165, 1.54) is 12.8 Å². The Hall–Kier alpha value is -1.19. The molecule has 17 heavy (non-hydrogen) atoms. The first kappa shape index (κ1) is 12.3. The lowest BCUT2D eigenvalue weighted by Gasteiger charge is -2.33. The minimum absolute atomic E-state index is 0.615. The molecule has 1 aliphatic rings. The lowest BCUT2D eigenvalue weighted by molar-refractivity contribution is 0.173. The first-order valence-electron chi connectivity index (χ1n) is 6.35. The molecule has 0 saturated carbocycles. The summed E-state index contributed by atoms with van der Waals surface area (Å²) in [5.74, 6) is 0. The Balaban J connectivity index is 1.98. The minimum Gasteiger partial charge on any atom is -0.315 e. The fourth-order valence-corrected chi connectivity index (χ4v) is 2.35. The van der Waals surface area contributed by atoms with Crippen molar-refractivity contribution in [2.24, 2.45) is 0 Å². The van der Waals surface area contributed by atoms with Gasteiger partial charge in [-0.05, 0) is 31.5 Å². The van der Waals surface area contributed by atoms with Crippen molar-refractivity contribution in [3.8, 4) is 0 Å². The Kier molecular flexibility index (Phi) is 4.71. The van der Waals surface area contributed by atoms with Gasteiger partial charge in [0.25, 0.3) is 0 Å². The second-order valence-electron chi connectivity index (χ2n) is 4.54. The largest absolute Gasteiger partial charge is 0.315 e. The van der Waals surface area contributed by atoms with Crippen molar-refractivity contribution in [3.05, 3.63) is 42.7 Å². The summed E-state index contributed by atoms with van der Waals surface area (Å²) in [5, 5.41) is 3.46. The smallest absolute Gasteiger partial charge is 0.0544 e. The standard InChI is InChI=1S/C14H21N3/c1-2-10-17(14-7-5-8-15-11-14)12-13-6-3-4-9-16-13/h2-4,6,9,14-15H,1,5,7-8,10-12H2/t14-/m0/s1. The predicted molar refractivity (Wildman–Crippen MR) is 70.7 cm³/mol. The molecule has 1 fully saturated rings. The van der Waals surface area contributed by atoms with Crippen LogP contribution in [0.5, 0.6) is 0 Å². The summed E-state index contributed by atoms with van der Waals surface area (Å²) in [6.45, 7) is 7.94. The highest BCUT2D eigenvalue weighted by atomic mass is 15.2. The van der Waals surface area contributed by atoms with E-state index < -0.39 is 0 Å². The summed E-state index contributed by atoms with van der Waals surface area (Å²) < 4.78 is 0.